The van der Waals surface area contributed by atoms with Crippen LogP contribution in [0.4, 0.5) is 0 Å². The van der Waals surface area contributed by atoms with Gasteiger partial charge in [0, 0.05) is 12.0 Å². The van der Waals surface area contributed by atoms with Gasteiger partial charge in [0.1, 0.15) is 11.7 Å². The molecule has 0 bridgehead atoms. The van der Waals surface area contributed by atoms with Gasteiger partial charge in [0.2, 0.25) is 0 Å². The maximum Gasteiger partial charge on any atom is 0.256 e. The van der Waals surface area contributed by atoms with Crippen molar-refractivity contribution in [2.24, 2.45) is 0 Å². The van der Waals surface area contributed by atoms with Crippen LogP contribution in [0.15, 0.2) is 60.7 Å². The summed E-state index contributed by atoms with van der Waals surface area (Å²) in [5.74, 6) is -0.127. The Morgan fingerprint density at radius 2 is 1.79 bits per heavy atom. The Bertz CT molecular complexity index is 971. The van der Waals surface area contributed by atoms with E-state index in [0.717, 1.165) is 31.6 Å². The Hall–Kier alpha value is -2.63. The summed E-state index contributed by atoms with van der Waals surface area (Å²) in [6, 6.07) is 20.6. The van der Waals surface area contributed by atoms with Crippen LogP contribution in [0.25, 0.3) is 0 Å². The monoisotopic (exact) mass is 409 g/mol. The molecule has 0 radical (unpaired) electrons. The molecule has 1 aliphatic heterocycles. The van der Waals surface area contributed by atoms with Gasteiger partial charge in [0.25, 0.3) is 5.91 Å². The number of carbonyl (C=O) groups excluding carboxylic acids is 1. The van der Waals surface area contributed by atoms with Gasteiger partial charge in [0.05, 0.1) is 36.9 Å². The second-order valence-electron chi connectivity index (χ2n) is 7.72. The number of quaternary nitrogens is 1. The molecule has 2 atom stereocenters. The van der Waals surface area contributed by atoms with Crippen LogP contribution in [0.2, 0.25) is 5.15 Å². The number of aryl methyl sites for hydroxylation is 1. The molecule has 0 aliphatic carbocycles. The topological polar surface area (TPSA) is 51.4 Å². The van der Waals surface area contributed by atoms with Crippen molar-refractivity contribution in [3.8, 4) is 0 Å². The molecule has 6 heteroatoms. The Labute approximate surface area is 176 Å². The van der Waals surface area contributed by atoms with Crippen LogP contribution in [0.5, 0.6) is 0 Å². The Kier molecular flexibility index (Phi) is 5.97. The Balaban J connectivity index is 1.39. The smallest absolute Gasteiger partial charge is 0.256 e. The second kappa shape index (κ2) is 8.80. The van der Waals surface area contributed by atoms with Crippen LogP contribution in [-0.4, -0.2) is 34.8 Å². The van der Waals surface area contributed by atoms with Crippen molar-refractivity contribution in [3.05, 3.63) is 88.2 Å². The van der Waals surface area contributed by atoms with Gasteiger partial charge in [-0.2, -0.15) is 5.10 Å². The number of benzene rings is 2. The molecule has 1 unspecified atom stereocenters. The van der Waals surface area contributed by atoms with Gasteiger partial charge in [-0.05, 0) is 12.5 Å². The first-order valence-electron chi connectivity index (χ1n) is 10.1. The number of amides is 1. The normalized spacial score (nSPS) is 18.7. The van der Waals surface area contributed by atoms with E-state index in [4.69, 9.17) is 11.6 Å². The second-order valence-corrected chi connectivity index (χ2v) is 8.08. The summed E-state index contributed by atoms with van der Waals surface area (Å²) >= 11 is 6.53. The molecular weight excluding hydrogens is 384 g/mol. The zero-order chi connectivity index (χ0) is 20.2. The molecule has 2 aromatic carbocycles. The minimum Gasteiger partial charge on any atom is -0.343 e. The molecule has 5 nitrogen and oxygen atoms in total. The van der Waals surface area contributed by atoms with Crippen molar-refractivity contribution in [1.82, 2.24) is 15.1 Å². The van der Waals surface area contributed by atoms with E-state index in [1.807, 2.05) is 43.3 Å². The number of halogens is 1. The molecule has 0 saturated carbocycles. The van der Waals surface area contributed by atoms with Crippen LogP contribution in [0.1, 0.15) is 33.6 Å². The maximum absolute atomic E-state index is 12.9. The van der Waals surface area contributed by atoms with E-state index in [2.05, 4.69) is 34.7 Å². The van der Waals surface area contributed by atoms with Gasteiger partial charge in [-0.25, -0.2) is 4.68 Å². The highest BCUT2D eigenvalue weighted by Gasteiger charge is 2.29. The van der Waals surface area contributed by atoms with Gasteiger partial charge in [-0.3, -0.25) is 4.79 Å². The summed E-state index contributed by atoms with van der Waals surface area (Å²) in [4.78, 5) is 14.4. The first-order valence-corrected chi connectivity index (χ1v) is 10.4. The van der Waals surface area contributed by atoms with Gasteiger partial charge in [0.15, 0.2) is 0 Å². The Morgan fingerprint density at radius 1 is 1.14 bits per heavy atom. The van der Waals surface area contributed by atoms with Crippen LogP contribution in [0.3, 0.4) is 0 Å². The van der Waals surface area contributed by atoms with E-state index >= 15 is 0 Å². The molecule has 1 amide bonds. The van der Waals surface area contributed by atoms with Crippen molar-refractivity contribution in [1.29, 1.82) is 0 Å². The lowest BCUT2D eigenvalue weighted by atomic mass is 10.2. The molecule has 0 spiro atoms. The van der Waals surface area contributed by atoms with E-state index in [1.54, 1.807) is 4.68 Å². The van der Waals surface area contributed by atoms with Crippen molar-refractivity contribution >= 4 is 17.5 Å². The highest BCUT2D eigenvalue weighted by atomic mass is 35.5. The summed E-state index contributed by atoms with van der Waals surface area (Å²) in [6.07, 6.45) is 0.975. The van der Waals surface area contributed by atoms with Crippen LogP contribution in [0, 0.1) is 6.92 Å². The fraction of sp³-hybridized carbons (Fsp3) is 0.304. The lowest BCUT2D eigenvalue weighted by molar-refractivity contribution is -0.901. The molecule has 4 rings (SSSR count). The molecule has 3 aromatic rings. The highest BCUT2D eigenvalue weighted by molar-refractivity contribution is 6.33. The van der Waals surface area contributed by atoms with Crippen molar-refractivity contribution in [2.75, 3.05) is 13.1 Å². The Morgan fingerprint density at radius 3 is 2.48 bits per heavy atom. The first kappa shape index (κ1) is 19.7. The molecule has 1 saturated heterocycles. The molecule has 150 valence electrons. The third-order valence-corrected chi connectivity index (χ3v) is 5.87. The van der Waals surface area contributed by atoms with Gasteiger partial charge >= 0.3 is 0 Å². The number of nitrogens with one attached hydrogen (secondary N) is 2. The lowest BCUT2D eigenvalue weighted by Gasteiger charge is -2.14. The molecule has 1 aromatic heterocycles. The van der Waals surface area contributed by atoms with Crippen molar-refractivity contribution < 1.29 is 9.69 Å². The summed E-state index contributed by atoms with van der Waals surface area (Å²) in [7, 11) is 0. The lowest BCUT2D eigenvalue weighted by Crippen LogP contribution is -3.09. The van der Waals surface area contributed by atoms with Gasteiger partial charge in [-0.1, -0.05) is 72.3 Å². The van der Waals surface area contributed by atoms with Crippen molar-refractivity contribution in [3.63, 3.8) is 0 Å². The summed E-state index contributed by atoms with van der Waals surface area (Å²) < 4.78 is 1.70. The number of likely N-dealkylation sites (tertiary alicyclic amines) is 1. The number of hydrogen-bond donors (Lipinski definition) is 2. The summed E-state index contributed by atoms with van der Waals surface area (Å²) in [6.45, 7) is 5.35. The van der Waals surface area contributed by atoms with Crippen LogP contribution in [-0.2, 0) is 13.1 Å². The van der Waals surface area contributed by atoms with E-state index in [9.17, 15) is 4.79 Å². The number of aromatic nitrogens is 2. The highest BCUT2D eigenvalue weighted by Crippen LogP contribution is 2.21. The molecule has 1 fully saturated rings. The van der Waals surface area contributed by atoms with Crippen LogP contribution >= 0.6 is 11.6 Å². The van der Waals surface area contributed by atoms with Gasteiger partial charge in [-0.15, -0.1) is 0 Å². The van der Waals surface area contributed by atoms with Crippen molar-refractivity contribution in [2.45, 2.75) is 32.5 Å². The molecular formula is C23H26ClN4O+. The minimum absolute atomic E-state index is 0.127. The largest absolute Gasteiger partial charge is 0.343 e. The summed E-state index contributed by atoms with van der Waals surface area (Å²) in [5, 5.41) is 8.06. The van der Waals surface area contributed by atoms with Crippen LogP contribution < -0.4 is 10.2 Å². The predicted molar refractivity (Wildman–Crippen MR) is 114 cm³/mol. The molecule has 29 heavy (non-hydrogen) atoms. The molecule has 2 N–H and O–H groups in total. The molecule has 1 aliphatic rings. The fourth-order valence-electron chi connectivity index (χ4n) is 4.03. The predicted octanol–water partition coefficient (Wildman–Crippen LogP) is 2.48. The van der Waals surface area contributed by atoms with E-state index in [0.29, 0.717) is 23.0 Å². The van der Waals surface area contributed by atoms with E-state index in [-0.39, 0.29) is 11.9 Å². The standard InChI is InChI=1S/C23H25ClN4O/c1-17-21(22(24)28(26-17)15-19-10-6-3-7-11-19)23(29)25-20-12-13-27(16-20)14-18-8-4-2-5-9-18/h2-11,20H,12-16H2,1H3,(H,25,29)/p+1/t20-/m0/s1. The maximum atomic E-state index is 12.9. The number of carbonyl (C=O) groups is 1. The summed E-state index contributed by atoms with van der Waals surface area (Å²) in [5.41, 5.74) is 3.57. The zero-order valence-corrected chi connectivity index (χ0v) is 17.3. The third-order valence-electron chi connectivity index (χ3n) is 5.48. The quantitative estimate of drug-likeness (QED) is 0.657. The van der Waals surface area contributed by atoms with E-state index < -0.39 is 0 Å². The third kappa shape index (κ3) is 4.69. The number of hydrogen-bond acceptors (Lipinski definition) is 2. The minimum atomic E-state index is -0.127. The number of rotatable bonds is 6. The first-order chi connectivity index (χ1) is 14.1. The number of nitrogens with zero attached hydrogens (tertiary/aromatic N) is 2. The van der Waals surface area contributed by atoms with Gasteiger partial charge < -0.3 is 10.2 Å². The SMILES string of the molecule is Cc1nn(Cc2ccccc2)c(Cl)c1C(=O)N[C@H]1CC[NH+](Cc2ccccc2)C1. The average molecular weight is 410 g/mol. The molecule has 2 heterocycles. The average Bonchev–Trinajstić information content (AvgIpc) is 3.27. The van der Waals surface area contributed by atoms with E-state index in [1.165, 1.54) is 10.5 Å². The fourth-order valence-corrected chi connectivity index (χ4v) is 4.35. The zero-order valence-electron chi connectivity index (χ0n) is 16.6.